The molecule has 0 radical (unpaired) electrons. The average molecular weight is 388 g/mol. The van der Waals surface area contributed by atoms with Gasteiger partial charge >= 0.3 is 0 Å². The third-order valence-corrected chi connectivity index (χ3v) is 5.28. The number of rotatable bonds is 4. The fourth-order valence-corrected chi connectivity index (χ4v) is 3.84. The molecule has 3 heterocycles. The SMILES string of the molecule is COCC#Cc1ccc(C2CCC(C(=O)c3ncn4c(C)cc(C)nc34)N2)cc1. The predicted molar refractivity (Wildman–Crippen MR) is 111 cm³/mol. The van der Waals surface area contributed by atoms with Gasteiger partial charge in [0, 0.05) is 30.1 Å². The molecular formula is C23H24N4O2. The van der Waals surface area contributed by atoms with Gasteiger partial charge in [0.1, 0.15) is 12.9 Å². The van der Waals surface area contributed by atoms with E-state index in [0.717, 1.165) is 35.4 Å². The zero-order valence-corrected chi connectivity index (χ0v) is 16.9. The van der Waals surface area contributed by atoms with Gasteiger partial charge in [0.25, 0.3) is 0 Å². The van der Waals surface area contributed by atoms with Gasteiger partial charge in [-0.15, -0.1) is 0 Å². The summed E-state index contributed by atoms with van der Waals surface area (Å²) in [4.78, 5) is 22.0. The first kappa shape index (κ1) is 19.3. The van der Waals surface area contributed by atoms with Crippen LogP contribution in [0.3, 0.4) is 0 Å². The van der Waals surface area contributed by atoms with Crippen LogP contribution in [0.15, 0.2) is 36.7 Å². The van der Waals surface area contributed by atoms with E-state index >= 15 is 0 Å². The molecule has 1 aliphatic rings. The molecule has 2 atom stereocenters. The zero-order valence-electron chi connectivity index (χ0n) is 16.9. The van der Waals surface area contributed by atoms with Crippen LogP contribution in [0.25, 0.3) is 5.65 Å². The second kappa shape index (κ2) is 8.16. The molecule has 0 amide bonds. The van der Waals surface area contributed by atoms with Crippen LogP contribution in [0.5, 0.6) is 0 Å². The van der Waals surface area contributed by atoms with Gasteiger partial charge < -0.3 is 10.1 Å². The smallest absolute Gasteiger partial charge is 0.201 e. The molecule has 1 fully saturated rings. The number of fused-ring (bicyclic) bond motifs is 1. The van der Waals surface area contributed by atoms with E-state index in [1.807, 2.05) is 36.4 Å². The Morgan fingerprint density at radius 1 is 1.28 bits per heavy atom. The molecule has 29 heavy (non-hydrogen) atoms. The van der Waals surface area contributed by atoms with Crippen LogP contribution in [0, 0.1) is 25.7 Å². The molecule has 0 bridgehead atoms. The highest BCUT2D eigenvalue weighted by Gasteiger charge is 2.32. The second-order valence-electron chi connectivity index (χ2n) is 7.40. The number of nitrogens with zero attached hydrogens (tertiary/aromatic N) is 3. The largest absolute Gasteiger partial charge is 0.372 e. The maximum Gasteiger partial charge on any atom is 0.201 e. The Kier molecular flexibility index (Phi) is 5.43. The Morgan fingerprint density at radius 2 is 2.07 bits per heavy atom. The number of aromatic nitrogens is 3. The van der Waals surface area contributed by atoms with Gasteiger partial charge in [-0.2, -0.15) is 0 Å². The van der Waals surface area contributed by atoms with Crippen LogP contribution < -0.4 is 5.32 Å². The summed E-state index contributed by atoms with van der Waals surface area (Å²) in [5.41, 5.74) is 5.10. The summed E-state index contributed by atoms with van der Waals surface area (Å²) >= 11 is 0. The van der Waals surface area contributed by atoms with Crippen molar-refractivity contribution in [2.24, 2.45) is 0 Å². The number of carbonyl (C=O) groups excluding carboxylic acids is 1. The third kappa shape index (κ3) is 3.93. The highest BCUT2D eigenvalue weighted by atomic mass is 16.5. The number of methoxy groups -OCH3 is 1. The Morgan fingerprint density at radius 3 is 2.83 bits per heavy atom. The molecule has 1 aliphatic heterocycles. The number of hydrogen-bond donors (Lipinski definition) is 1. The lowest BCUT2D eigenvalue weighted by molar-refractivity contribution is 0.0947. The van der Waals surface area contributed by atoms with E-state index in [-0.39, 0.29) is 17.9 Å². The summed E-state index contributed by atoms with van der Waals surface area (Å²) in [5.74, 6) is 6.03. The summed E-state index contributed by atoms with van der Waals surface area (Å²) in [6, 6.07) is 10.0. The van der Waals surface area contributed by atoms with Crippen LogP contribution in [-0.4, -0.2) is 39.9 Å². The van der Waals surface area contributed by atoms with Crippen molar-refractivity contribution >= 4 is 11.4 Å². The van der Waals surface area contributed by atoms with Crippen molar-refractivity contribution < 1.29 is 9.53 Å². The lowest BCUT2D eigenvalue weighted by Gasteiger charge is -2.13. The molecule has 0 saturated carbocycles. The number of ketones is 1. The zero-order chi connectivity index (χ0) is 20.4. The minimum atomic E-state index is -0.248. The number of nitrogens with one attached hydrogen (secondary N) is 1. The van der Waals surface area contributed by atoms with Crippen LogP contribution >= 0.6 is 0 Å². The van der Waals surface area contributed by atoms with Crippen LogP contribution in [0.4, 0.5) is 0 Å². The Bertz CT molecular complexity index is 1110. The molecule has 0 aliphatic carbocycles. The van der Waals surface area contributed by atoms with Crippen molar-refractivity contribution in [3.63, 3.8) is 0 Å². The number of hydrogen-bond acceptors (Lipinski definition) is 5. The first-order chi connectivity index (χ1) is 14.1. The van der Waals surface area contributed by atoms with Crippen molar-refractivity contribution in [3.05, 3.63) is 64.9 Å². The molecule has 2 unspecified atom stereocenters. The van der Waals surface area contributed by atoms with E-state index in [4.69, 9.17) is 4.74 Å². The second-order valence-corrected chi connectivity index (χ2v) is 7.40. The Balaban J connectivity index is 1.49. The number of imidazole rings is 1. The average Bonchev–Trinajstić information content (AvgIpc) is 3.36. The fraction of sp³-hybridized carbons (Fsp3) is 0.348. The van der Waals surface area contributed by atoms with Gasteiger partial charge in [0.2, 0.25) is 5.78 Å². The topological polar surface area (TPSA) is 68.5 Å². The minimum absolute atomic E-state index is 0.00884. The van der Waals surface area contributed by atoms with Gasteiger partial charge in [0.05, 0.1) is 6.04 Å². The van der Waals surface area contributed by atoms with Gasteiger partial charge in [-0.05, 0) is 50.5 Å². The maximum atomic E-state index is 13.1. The normalized spacial score (nSPS) is 18.6. The number of benzene rings is 1. The highest BCUT2D eigenvalue weighted by molar-refractivity contribution is 6.03. The summed E-state index contributed by atoms with van der Waals surface area (Å²) in [6.45, 7) is 4.35. The molecule has 148 valence electrons. The number of carbonyl (C=O) groups is 1. The first-order valence-electron chi connectivity index (χ1n) is 9.76. The van der Waals surface area contributed by atoms with Crippen LogP contribution in [0.1, 0.15) is 51.9 Å². The molecule has 0 spiro atoms. The minimum Gasteiger partial charge on any atom is -0.372 e. The Hall–Kier alpha value is -3.01. The number of aryl methyl sites for hydroxylation is 2. The quantitative estimate of drug-likeness (QED) is 0.550. The third-order valence-electron chi connectivity index (χ3n) is 5.28. The molecule has 4 rings (SSSR count). The van der Waals surface area contributed by atoms with E-state index in [9.17, 15) is 4.79 Å². The van der Waals surface area contributed by atoms with Crippen molar-refractivity contribution in [1.29, 1.82) is 0 Å². The molecular weight excluding hydrogens is 364 g/mol. The van der Waals surface area contributed by atoms with Gasteiger partial charge in [0.15, 0.2) is 11.3 Å². The molecule has 6 heteroatoms. The van der Waals surface area contributed by atoms with E-state index in [1.165, 1.54) is 0 Å². The summed E-state index contributed by atoms with van der Waals surface area (Å²) in [5, 5.41) is 3.48. The monoisotopic (exact) mass is 388 g/mol. The highest BCUT2D eigenvalue weighted by Crippen LogP contribution is 2.28. The first-order valence-corrected chi connectivity index (χ1v) is 9.76. The van der Waals surface area contributed by atoms with Gasteiger partial charge in [-0.25, -0.2) is 9.97 Å². The standard InChI is InChI=1S/C23H24N4O2/c1-15-13-16(2)27-14-24-21(23(27)25-15)22(28)20-11-10-19(26-20)18-8-6-17(7-9-18)5-4-12-29-3/h6-9,13-14,19-20,26H,10-12H2,1-3H3. The summed E-state index contributed by atoms with van der Waals surface area (Å²) in [7, 11) is 1.63. The molecule has 1 aromatic carbocycles. The van der Waals surface area contributed by atoms with Crippen LogP contribution in [0.2, 0.25) is 0 Å². The molecule has 3 aromatic rings. The molecule has 1 saturated heterocycles. The fourth-order valence-electron chi connectivity index (χ4n) is 3.84. The van der Waals surface area contributed by atoms with Gasteiger partial charge in [-0.1, -0.05) is 24.0 Å². The van der Waals surface area contributed by atoms with E-state index in [2.05, 4.69) is 39.3 Å². The summed E-state index contributed by atoms with van der Waals surface area (Å²) < 4.78 is 6.82. The number of ether oxygens (including phenoxy) is 1. The van der Waals surface area contributed by atoms with E-state index < -0.39 is 0 Å². The van der Waals surface area contributed by atoms with E-state index in [0.29, 0.717) is 17.9 Å². The van der Waals surface area contributed by atoms with Crippen LogP contribution in [-0.2, 0) is 4.74 Å². The van der Waals surface area contributed by atoms with Gasteiger partial charge in [-0.3, -0.25) is 9.20 Å². The molecule has 2 aromatic heterocycles. The van der Waals surface area contributed by atoms with Crippen molar-refractivity contribution in [2.45, 2.75) is 38.8 Å². The Labute approximate surface area is 170 Å². The predicted octanol–water partition coefficient (Wildman–Crippen LogP) is 3.02. The lowest BCUT2D eigenvalue weighted by atomic mass is 10.0. The lowest BCUT2D eigenvalue weighted by Crippen LogP contribution is -2.32. The molecule has 6 nitrogen and oxygen atoms in total. The van der Waals surface area contributed by atoms with E-state index in [1.54, 1.807) is 13.4 Å². The van der Waals surface area contributed by atoms with Crippen molar-refractivity contribution in [1.82, 2.24) is 19.7 Å². The maximum absolute atomic E-state index is 13.1. The van der Waals surface area contributed by atoms with Crippen molar-refractivity contribution in [2.75, 3.05) is 13.7 Å². The summed E-state index contributed by atoms with van der Waals surface area (Å²) in [6.07, 6.45) is 3.37. The number of Topliss-reactive ketones (excluding diaryl/α,β-unsaturated/α-hetero) is 1. The molecule has 1 N–H and O–H groups in total. The van der Waals surface area contributed by atoms with Crippen molar-refractivity contribution in [3.8, 4) is 11.8 Å².